The minimum absolute atomic E-state index is 0.229. The molecule has 0 radical (unpaired) electrons. The van der Waals surface area contributed by atoms with Crippen LogP contribution in [-0.2, 0) is 6.42 Å². The zero-order valence-corrected chi connectivity index (χ0v) is 15.5. The summed E-state index contributed by atoms with van der Waals surface area (Å²) < 4.78 is 7.50. The summed E-state index contributed by atoms with van der Waals surface area (Å²) in [5, 5.41) is 8.49. The van der Waals surface area contributed by atoms with Crippen molar-refractivity contribution >= 4 is 28.5 Å². The number of fused-ring (bicyclic) bond motifs is 1. The fraction of sp³-hybridized carbons (Fsp3) is 0.143. The number of carbonyl (C=O) groups excluding carboxylic acids is 1. The molecule has 0 saturated carbocycles. The summed E-state index contributed by atoms with van der Waals surface area (Å²) in [6.07, 6.45) is 4.37. The van der Waals surface area contributed by atoms with Crippen molar-refractivity contribution in [3.05, 3.63) is 82.8 Å². The molecule has 0 spiro atoms. The van der Waals surface area contributed by atoms with E-state index >= 15 is 0 Å². The van der Waals surface area contributed by atoms with Crippen LogP contribution < -0.4 is 5.32 Å². The highest BCUT2D eigenvalue weighted by atomic mass is 35.5. The van der Waals surface area contributed by atoms with Gasteiger partial charge in [-0.3, -0.25) is 4.79 Å². The number of para-hydroxylation sites is 1. The second-order valence-electron chi connectivity index (χ2n) is 6.30. The molecule has 2 heterocycles. The van der Waals surface area contributed by atoms with Crippen LogP contribution in [0.5, 0.6) is 0 Å². The molecule has 2 aromatic carbocycles. The molecule has 1 N–H and O–H groups in total. The first-order valence-corrected chi connectivity index (χ1v) is 9.06. The Labute approximate surface area is 161 Å². The van der Waals surface area contributed by atoms with Crippen LogP contribution in [0, 0.1) is 6.92 Å². The van der Waals surface area contributed by atoms with Gasteiger partial charge >= 0.3 is 0 Å². The second kappa shape index (κ2) is 7.29. The van der Waals surface area contributed by atoms with Crippen molar-refractivity contribution in [3.8, 4) is 5.69 Å². The summed E-state index contributed by atoms with van der Waals surface area (Å²) in [4.78, 5) is 12.5. The monoisotopic (exact) mass is 379 g/mol. The highest BCUT2D eigenvalue weighted by Crippen LogP contribution is 2.30. The third-order valence-electron chi connectivity index (χ3n) is 4.53. The standard InChI is InChI=1S/C21H18ClN3O2/c1-14-17-4-2-5-18(22)20(17)27-19(14)21(26)23-12-10-15-6-8-16(9-7-15)25-13-3-11-24-25/h2-9,11,13H,10,12H2,1H3,(H,23,26). The number of carbonyl (C=O) groups is 1. The van der Waals surface area contributed by atoms with Crippen LogP contribution in [0.25, 0.3) is 16.7 Å². The van der Waals surface area contributed by atoms with E-state index in [1.54, 1.807) is 16.9 Å². The number of aromatic nitrogens is 2. The molecule has 5 nitrogen and oxygen atoms in total. The molecule has 4 aromatic rings. The highest BCUT2D eigenvalue weighted by molar-refractivity contribution is 6.35. The lowest BCUT2D eigenvalue weighted by molar-refractivity contribution is 0.0928. The predicted octanol–water partition coefficient (Wildman–Crippen LogP) is 4.55. The lowest BCUT2D eigenvalue weighted by Gasteiger charge is -2.06. The molecule has 0 bridgehead atoms. The maximum Gasteiger partial charge on any atom is 0.287 e. The van der Waals surface area contributed by atoms with E-state index in [0.29, 0.717) is 22.9 Å². The number of hydrogen-bond donors (Lipinski definition) is 1. The fourth-order valence-corrected chi connectivity index (χ4v) is 3.28. The van der Waals surface area contributed by atoms with Crippen molar-refractivity contribution in [2.45, 2.75) is 13.3 Å². The molecular weight excluding hydrogens is 362 g/mol. The van der Waals surface area contributed by atoms with Crippen LogP contribution in [0.3, 0.4) is 0 Å². The maximum atomic E-state index is 12.5. The van der Waals surface area contributed by atoms with Crippen LogP contribution in [0.4, 0.5) is 0 Å². The molecule has 27 heavy (non-hydrogen) atoms. The van der Waals surface area contributed by atoms with Gasteiger partial charge in [-0.05, 0) is 43.2 Å². The molecule has 2 aromatic heterocycles. The largest absolute Gasteiger partial charge is 0.449 e. The molecule has 1 amide bonds. The van der Waals surface area contributed by atoms with Crippen LogP contribution in [0.15, 0.2) is 65.3 Å². The number of halogens is 1. The van der Waals surface area contributed by atoms with Crippen molar-refractivity contribution in [1.29, 1.82) is 0 Å². The smallest absolute Gasteiger partial charge is 0.287 e. The summed E-state index contributed by atoms with van der Waals surface area (Å²) in [7, 11) is 0. The Morgan fingerprint density at radius 3 is 2.70 bits per heavy atom. The van der Waals surface area contributed by atoms with Crippen molar-refractivity contribution in [3.63, 3.8) is 0 Å². The summed E-state index contributed by atoms with van der Waals surface area (Å²) in [6, 6.07) is 15.5. The van der Waals surface area contributed by atoms with E-state index in [1.807, 2.05) is 55.6 Å². The SMILES string of the molecule is Cc1c(C(=O)NCCc2ccc(-n3cccn3)cc2)oc2c(Cl)cccc12. The number of hydrogen-bond acceptors (Lipinski definition) is 3. The Balaban J connectivity index is 1.40. The molecule has 4 rings (SSSR count). The zero-order chi connectivity index (χ0) is 18.8. The number of aryl methyl sites for hydroxylation is 1. The average Bonchev–Trinajstić information content (AvgIpc) is 3.32. The van der Waals surface area contributed by atoms with Gasteiger partial charge in [0.05, 0.1) is 10.7 Å². The molecule has 6 heteroatoms. The van der Waals surface area contributed by atoms with Crippen LogP contribution in [0.1, 0.15) is 21.7 Å². The number of furan rings is 1. The van der Waals surface area contributed by atoms with Gasteiger partial charge in [0, 0.05) is 29.9 Å². The number of benzene rings is 2. The molecule has 0 atom stereocenters. The number of nitrogens with zero attached hydrogens (tertiary/aromatic N) is 2. The Hall–Kier alpha value is -3.05. The zero-order valence-electron chi connectivity index (χ0n) is 14.8. The van der Waals surface area contributed by atoms with E-state index in [9.17, 15) is 4.79 Å². The highest BCUT2D eigenvalue weighted by Gasteiger charge is 2.18. The van der Waals surface area contributed by atoms with E-state index in [-0.39, 0.29) is 5.91 Å². The lowest BCUT2D eigenvalue weighted by Crippen LogP contribution is -2.25. The quantitative estimate of drug-likeness (QED) is 0.553. The van der Waals surface area contributed by atoms with Gasteiger partial charge in [0.25, 0.3) is 5.91 Å². The summed E-state index contributed by atoms with van der Waals surface area (Å²) >= 11 is 6.15. The Morgan fingerprint density at radius 2 is 2.00 bits per heavy atom. The van der Waals surface area contributed by atoms with E-state index < -0.39 is 0 Å². The minimum Gasteiger partial charge on any atom is -0.449 e. The molecule has 0 aliphatic heterocycles. The van der Waals surface area contributed by atoms with Crippen LogP contribution in [-0.4, -0.2) is 22.2 Å². The maximum absolute atomic E-state index is 12.5. The Kier molecular flexibility index (Phi) is 4.69. The molecular formula is C21H18ClN3O2. The molecule has 0 aliphatic carbocycles. The molecule has 0 aliphatic rings. The Bertz CT molecular complexity index is 1080. The normalized spacial score (nSPS) is 11.0. The first kappa shape index (κ1) is 17.4. The number of nitrogens with one attached hydrogen (secondary N) is 1. The number of rotatable bonds is 5. The first-order chi connectivity index (χ1) is 13.1. The van der Waals surface area contributed by atoms with Crippen LogP contribution in [0.2, 0.25) is 5.02 Å². The van der Waals surface area contributed by atoms with Gasteiger partial charge in [0.15, 0.2) is 11.3 Å². The van der Waals surface area contributed by atoms with Gasteiger partial charge in [0.2, 0.25) is 0 Å². The van der Waals surface area contributed by atoms with Gasteiger partial charge in [0.1, 0.15) is 0 Å². The van der Waals surface area contributed by atoms with Gasteiger partial charge in [-0.2, -0.15) is 5.10 Å². The van der Waals surface area contributed by atoms with Crippen molar-refractivity contribution in [1.82, 2.24) is 15.1 Å². The van der Waals surface area contributed by atoms with Gasteiger partial charge in [-0.15, -0.1) is 0 Å². The van der Waals surface area contributed by atoms with E-state index in [1.165, 1.54) is 0 Å². The summed E-state index contributed by atoms with van der Waals surface area (Å²) in [6.45, 7) is 2.38. The van der Waals surface area contributed by atoms with Crippen molar-refractivity contribution in [2.24, 2.45) is 0 Å². The van der Waals surface area contributed by atoms with Crippen molar-refractivity contribution < 1.29 is 9.21 Å². The van der Waals surface area contributed by atoms with E-state index in [4.69, 9.17) is 16.0 Å². The molecule has 136 valence electrons. The third-order valence-corrected chi connectivity index (χ3v) is 4.82. The molecule has 0 saturated heterocycles. The van der Waals surface area contributed by atoms with Gasteiger partial charge in [-0.25, -0.2) is 4.68 Å². The fourth-order valence-electron chi connectivity index (χ4n) is 3.06. The second-order valence-corrected chi connectivity index (χ2v) is 6.70. The Morgan fingerprint density at radius 1 is 1.19 bits per heavy atom. The average molecular weight is 380 g/mol. The van der Waals surface area contributed by atoms with Crippen LogP contribution >= 0.6 is 11.6 Å². The van der Waals surface area contributed by atoms with Crippen molar-refractivity contribution in [2.75, 3.05) is 6.54 Å². The van der Waals surface area contributed by atoms with E-state index in [0.717, 1.165) is 28.6 Å². The van der Waals surface area contributed by atoms with Gasteiger partial charge in [-0.1, -0.05) is 35.9 Å². The van der Waals surface area contributed by atoms with E-state index in [2.05, 4.69) is 10.4 Å². The molecule has 0 fully saturated rings. The summed E-state index contributed by atoms with van der Waals surface area (Å²) in [5.74, 6) is 0.0834. The third kappa shape index (κ3) is 3.46. The summed E-state index contributed by atoms with van der Waals surface area (Å²) in [5.41, 5.74) is 3.49. The minimum atomic E-state index is -0.229. The first-order valence-electron chi connectivity index (χ1n) is 8.68. The topological polar surface area (TPSA) is 60.1 Å². The molecule has 0 unspecified atom stereocenters. The lowest BCUT2D eigenvalue weighted by atomic mass is 10.1. The van der Waals surface area contributed by atoms with Gasteiger partial charge < -0.3 is 9.73 Å². The number of amides is 1. The predicted molar refractivity (Wildman–Crippen MR) is 106 cm³/mol.